The first-order valence-electron chi connectivity index (χ1n) is 4.69. The van der Waals surface area contributed by atoms with Crippen LogP contribution in [0.15, 0.2) is 12.1 Å². The molecule has 90 valence electrons. The minimum absolute atomic E-state index is 0. The molecule has 0 aliphatic rings. The van der Waals surface area contributed by atoms with E-state index in [4.69, 9.17) is 10.8 Å². The summed E-state index contributed by atoms with van der Waals surface area (Å²) in [7, 11) is 0. The number of carboxylic acid groups (broad SMARTS) is 1. The highest BCUT2D eigenvalue weighted by Gasteiger charge is 2.15. The van der Waals surface area contributed by atoms with Crippen molar-refractivity contribution in [2.24, 2.45) is 5.73 Å². The average Bonchev–Trinajstić information content (AvgIpc) is 2.10. The Labute approximate surface area is 105 Å². The molecule has 0 unspecified atom stereocenters. The van der Waals surface area contributed by atoms with Gasteiger partial charge in [0.05, 0.1) is 0 Å². The zero-order valence-electron chi connectivity index (χ0n) is 9.23. The second-order valence-corrected chi connectivity index (χ2v) is 3.71. The van der Waals surface area contributed by atoms with Gasteiger partial charge in [0.2, 0.25) is 0 Å². The number of nitrogens with two attached hydrogens (primary N) is 1. The number of hydrogen-bond donors (Lipinski definition) is 3. The maximum Gasteiger partial charge on any atom is 0.320 e. The van der Waals surface area contributed by atoms with Crippen LogP contribution in [0, 0.1) is 13.8 Å². The Morgan fingerprint density at radius 3 is 2.19 bits per heavy atom. The molecule has 0 amide bonds. The van der Waals surface area contributed by atoms with Gasteiger partial charge in [0.1, 0.15) is 11.8 Å². The molecular formula is C11H16BrNO3. The number of aryl methyl sites for hydroxylation is 2. The number of carboxylic acids is 1. The van der Waals surface area contributed by atoms with Gasteiger partial charge in [-0.15, -0.1) is 17.0 Å². The lowest BCUT2D eigenvalue weighted by Crippen LogP contribution is -2.32. The van der Waals surface area contributed by atoms with Gasteiger partial charge in [-0.2, -0.15) is 0 Å². The quantitative estimate of drug-likeness (QED) is 0.788. The fraction of sp³-hybridized carbons (Fsp3) is 0.364. The van der Waals surface area contributed by atoms with E-state index in [9.17, 15) is 9.90 Å². The summed E-state index contributed by atoms with van der Waals surface area (Å²) in [6.45, 7) is 3.66. The van der Waals surface area contributed by atoms with E-state index in [1.165, 1.54) is 0 Å². The van der Waals surface area contributed by atoms with Crippen molar-refractivity contribution in [2.45, 2.75) is 26.3 Å². The number of benzene rings is 1. The number of halogens is 1. The number of phenols is 1. The Morgan fingerprint density at radius 2 is 1.81 bits per heavy atom. The van der Waals surface area contributed by atoms with Gasteiger partial charge in [-0.25, -0.2) is 0 Å². The van der Waals surface area contributed by atoms with Gasteiger partial charge in [-0.1, -0.05) is 0 Å². The van der Waals surface area contributed by atoms with Crippen LogP contribution in [0.1, 0.15) is 16.7 Å². The third-order valence-electron chi connectivity index (χ3n) is 2.42. The van der Waals surface area contributed by atoms with Gasteiger partial charge in [0.15, 0.2) is 0 Å². The van der Waals surface area contributed by atoms with E-state index in [2.05, 4.69) is 0 Å². The monoisotopic (exact) mass is 289 g/mol. The Kier molecular flexibility index (Phi) is 5.47. The first-order chi connectivity index (χ1) is 6.91. The minimum atomic E-state index is -1.01. The maximum absolute atomic E-state index is 10.6. The molecule has 1 rings (SSSR count). The first kappa shape index (κ1) is 14.9. The number of hydrogen-bond acceptors (Lipinski definition) is 3. The molecule has 0 fully saturated rings. The molecule has 0 saturated carbocycles. The lowest BCUT2D eigenvalue weighted by atomic mass is 9.96. The fourth-order valence-corrected chi connectivity index (χ4v) is 1.60. The molecule has 0 heterocycles. The molecular weight excluding hydrogens is 274 g/mol. The summed E-state index contributed by atoms with van der Waals surface area (Å²) >= 11 is 0. The summed E-state index contributed by atoms with van der Waals surface area (Å²) in [6.07, 6.45) is 0.285. The summed E-state index contributed by atoms with van der Waals surface area (Å²) in [5.41, 5.74) is 8.08. The summed E-state index contributed by atoms with van der Waals surface area (Å²) in [5.74, 6) is -0.820. The molecule has 0 spiro atoms. The van der Waals surface area contributed by atoms with Crippen molar-refractivity contribution in [3.63, 3.8) is 0 Å². The van der Waals surface area contributed by atoms with Crippen molar-refractivity contribution >= 4 is 23.0 Å². The van der Waals surface area contributed by atoms with E-state index in [0.29, 0.717) is 0 Å². The number of phenolic OH excluding ortho intramolecular Hbond substituents is 1. The molecule has 0 bridgehead atoms. The van der Waals surface area contributed by atoms with Crippen LogP contribution in [0.25, 0.3) is 0 Å². The Morgan fingerprint density at radius 1 is 1.38 bits per heavy atom. The SMILES string of the molecule is Br.Cc1cc(O)cc(C)c1C[C@H](N)C(=O)O. The van der Waals surface area contributed by atoms with E-state index < -0.39 is 12.0 Å². The molecule has 1 aromatic rings. The second-order valence-electron chi connectivity index (χ2n) is 3.71. The number of rotatable bonds is 3. The maximum atomic E-state index is 10.6. The minimum Gasteiger partial charge on any atom is -0.508 e. The molecule has 16 heavy (non-hydrogen) atoms. The average molecular weight is 290 g/mol. The molecule has 0 aromatic heterocycles. The van der Waals surface area contributed by atoms with E-state index in [-0.39, 0.29) is 29.2 Å². The first-order valence-corrected chi connectivity index (χ1v) is 4.69. The standard InChI is InChI=1S/C11H15NO3.BrH/c1-6-3-8(13)4-7(2)9(6)5-10(12)11(14)15;/h3-4,10,13H,5,12H2,1-2H3,(H,14,15);1H/t10-;/m0./s1. The van der Waals surface area contributed by atoms with Crippen LogP contribution >= 0.6 is 17.0 Å². The van der Waals surface area contributed by atoms with Crippen LogP contribution in [0.2, 0.25) is 0 Å². The van der Waals surface area contributed by atoms with Crippen molar-refractivity contribution < 1.29 is 15.0 Å². The summed E-state index contributed by atoms with van der Waals surface area (Å²) < 4.78 is 0. The number of carbonyl (C=O) groups is 1. The van der Waals surface area contributed by atoms with Crippen molar-refractivity contribution in [2.75, 3.05) is 0 Å². The van der Waals surface area contributed by atoms with Gasteiger partial charge in [-0.3, -0.25) is 4.79 Å². The van der Waals surface area contributed by atoms with Crippen molar-refractivity contribution in [1.82, 2.24) is 0 Å². The number of aliphatic carboxylic acids is 1. The van der Waals surface area contributed by atoms with E-state index in [1.807, 2.05) is 13.8 Å². The largest absolute Gasteiger partial charge is 0.508 e. The Balaban J connectivity index is 0.00000225. The van der Waals surface area contributed by atoms with Crippen molar-refractivity contribution in [1.29, 1.82) is 0 Å². The molecule has 0 aliphatic heterocycles. The Bertz CT molecular complexity index is 370. The topological polar surface area (TPSA) is 83.5 Å². The van der Waals surface area contributed by atoms with E-state index >= 15 is 0 Å². The van der Waals surface area contributed by atoms with Crippen LogP contribution in [0.5, 0.6) is 5.75 Å². The highest BCUT2D eigenvalue weighted by Crippen LogP contribution is 2.21. The molecule has 0 radical (unpaired) electrons. The molecule has 1 aromatic carbocycles. The van der Waals surface area contributed by atoms with Crippen LogP contribution < -0.4 is 5.73 Å². The van der Waals surface area contributed by atoms with E-state index in [1.54, 1.807) is 12.1 Å². The zero-order chi connectivity index (χ0) is 11.6. The summed E-state index contributed by atoms with van der Waals surface area (Å²) in [5, 5.41) is 18.0. The predicted octanol–water partition coefficient (Wildman–Crippen LogP) is 1.54. The van der Waals surface area contributed by atoms with Crippen LogP contribution in [-0.2, 0) is 11.2 Å². The van der Waals surface area contributed by atoms with Gasteiger partial charge in [-0.05, 0) is 49.1 Å². The van der Waals surface area contributed by atoms with Gasteiger partial charge in [0, 0.05) is 0 Å². The van der Waals surface area contributed by atoms with Crippen molar-refractivity contribution in [3.05, 3.63) is 28.8 Å². The van der Waals surface area contributed by atoms with Crippen LogP contribution in [0.4, 0.5) is 0 Å². The van der Waals surface area contributed by atoms with E-state index in [0.717, 1.165) is 16.7 Å². The number of aromatic hydroxyl groups is 1. The summed E-state index contributed by atoms with van der Waals surface area (Å²) in [6, 6.07) is 2.32. The van der Waals surface area contributed by atoms with Crippen molar-refractivity contribution in [3.8, 4) is 5.75 Å². The molecule has 4 nitrogen and oxygen atoms in total. The highest BCUT2D eigenvalue weighted by molar-refractivity contribution is 8.93. The lowest BCUT2D eigenvalue weighted by Gasteiger charge is -2.12. The molecule has 0 aliphatic carbocycles. The summed E-state index contributed by atoms with van der Waals surface area (Å²) in [4.78, 5) is 10.6. The van der Waals surface area contributed by atoms with Crippen LogP contribution in [-0.4, -0.2) is 22.2 Å². The molecule has 4 N–H and O–H groups in total. The third kappa shape index (κ3) is 3.50. The zero-order valence-corrected chi connectivity index (χ0v) is 10.9. The van der Waals surface area contributed by atoms with Gasteiger partial charge in [0.25, 0.3) is 0 Å². The third-order valence-corrected chi connectivity index (χ3v) is 2.42. The molecule has 0 saturated heterocycles. The fourth-order valence-electron chi connectivity index (χ4n) is 1.60. The predicted molar refractivity (Wildman–Crippen MR) is 67.2 cm³/mol. The Hall–Kier alpha value is -1.07. The smallest absolute Gasteiger partial charge is 0.320 e. The van der Waals surface area contributed by atoms with Crippen LogP contribution in [0.3, 0.4) is 0 Å². The normalized spacial score (nSPS) is 11.7. The van der Waals surface area contributed by atoms with Gasteiger partial charge < -0.3 is 15.9 Å². The molecule has 1 atom stereocenters. The second kappa shape index (κ2) is 5.86. The molecule has 5 heteroatoms. The lowest BCUT2D eigenvalue weighted by molar-refractivity contribution is -0.138. The van der Waals surface area contributed by atoms with Gasteiger partial charge >= 0.3 is 5.97 Å². The highest BCUT2D eigenvalue weighted by atomic mass is 79.9.